The molecule has 86 valence electrons. The van der Waals surface area contributed by atoms with E-state index in [1.54, 1.807) is 12.3 Å². The van der Waals surface area contributed by atoms with Crippen molar-refractivity contribution in [2.75, 3.05) is 0 Å². The van der Waals surface area contributed by atoms with Crippen molar-refractivity contribution < 1.29 is 13.2 Å². The Bertz CT molecular complexity index is 310. The molecule has 0 saturated carbocycles. The summed E-state index contributed by atoms with van der Waals surface area (Å²) in [6.07, 6.45) is -5.11. The molecule has 0 radical (unpaired) electrons. The first kappa shape index (κ1) is 12.4. The Morgan fingerprint density at radius 1 is 1.60 bits per heavy atom. The number of rotatable bonds is 4. The highest BCUT2D eigenvalue weighted by atomic mass is 32.1. The zero-order chi connectivity index (χ0) is 11.5. The summed E-state index contributed by atoms with van der Waals surface area (Å²) in [4.78, 5) is 4.09. The molecule has 0 spiro atoms. The van der Waals surface area contributed by atoms with Gasteiger partial charge >= 0.3 is 6.18 Å². The Morgan fingerprint density at radius 3 is 2.67 bits per heavy atom. The Labute approximate surface area is 89.5 Å². The third kappa shape index (κ3) is 4.15. The summed E-state index contributed by atoms with van der Waals surface area (Å²) in [6.45, 7) is 1.80. The third-order valence-corrected chi connectivity index (χ3v) is 2.70. The molecule has 1 heterocycles. The van der Waals surface area contributed by atoms with E-state index in [2.05, 4.69) is 10.4 Å². The monoisotopic (exact) mass is 239 g/mol. The molecular formula is C8H12F3N3S. The number of hydrogen-bond acceptors (Lipinski definition) is 4. The van der Waals surface area contributed by atoms with Crippen LogP contribution in [0, 0.1) is 6.92 Å². The Morgan fingerprint density at radius 2 is 2.27 bits per heavy atom. The Hall–Kier alpha value is -0.660. The summed E-state index contributed by atoms with van der Waals surface area (Å²) in [7, 11) is 0. The van der Waals surface area contributed by atoms with E-state index in [1.165, 1.54) is 11.3 Å². The van der Waals surface area contributed by atoms with Crippen LogP contribution in [0.1, 0.15) is 29.6 Å². The fourth-order valence-corrected chi connectivity index (χ4v) is 1.83. The number of nitrogens with one attached hydrogen (secondary N) is 1. The van der Waals surface area contributed by atoms with Gasteiger partial charge in [0, 0.05) is 11.8 Å². The number of halogens is 3. The maximum absolute atomic E-state index is 12.0. The highest BCUT2D eigenvalue weighted by Gasteiger charge is 2.28. The standard InChI is InChI=1S/C8H12F3N3S/c1-5-13-7(4-15-5)6(14-12)2-3-8(9,10)11/h4,6,14H,2-3,12H2,1H3. The van der Waals surface area contributed by atoms with E-state index in [4.69, 9.17) is 5.84 Å². The van der Waals surface area contributed by atoms with Crippen LogP contribution in [0.25, 0.3) is 0 Å². The fourth-order valence-electron chi connectivity index (χ4n) is 1.16. The minimum atomic E-state index is -4.15. The minimum absolute atomic E-state index is 0.0941. The van der Waals surface area contributed by atoms with Crippen molar-refractivity contribution in [2.45, 2.75) is 32.0 Å². The maximum Gasteiger partial charge on any atom is 0.389 e. The van der Waals surface area contributed by atoms with E-state index >= 15 is 0 Å². The van der Waals surface area contributed by atoms with Crippen LogP contribution in [-0.2, 0) is 0 Å². The van der Waals surface area contributed by atoms with Gasteiger partial charge in [-0.1, -0.05) is 0 Å². The van der Waals surface area contributed by atoms with Gasteiger partial charge in [-0.25, -0.2) is 4.98 Å². The molecule has 3 N–H and O–H groups in total. The highest BCUT2D eigenvalue weighted by Crippen LogP contribution is 2.27. The quantitative estimate of drug-likeness (QED) is 0.626. The van der Waals surface area contributed by atoms with Crippen molar-refractivity contribution in [3.8, 4) is 0 Å². The smallest absolute Gasteiger partial charge is 0.271 e. The van der Waals surface area contributed by atoms with Gasteiger partial charge in [0.05, 0.1) is 16.7 Å². The molecule has 0 aliphatic heterocycles. The number of aromatic nitrogens is 1. The largest absolute Gasteiger partial charge is 0.389 e. The number of nitrogens with two attached hydrogens (primary N) is 1. The second-order valence-electron chi connectivity index (χ2n) is 3.16. The summed E-state index contributed by atoms with van der Waals surface area (Å²) >= 11 is 1.39. The first-order chi connectivity index (χ1) is 6.92. The van der Waals surface area contributed by atoms with Gasteiger partial charge in [-0.3, -0.25) is 11.3 Å². The van der Waals surface area contributed by atoms with Gasteiger partial charge in [0.25, 0.3) is 0 Å². The predicted octanol–water partition coefficient (Wildman–Crippen LogP) is 2.30. The van der Waals surface area contributed by atoms with Crippen LogP contribution in [0.3, 0.4) is 0 Å². The third-order valence-electron chi connectivity index (χ3n) is 1.91. The number of thiazole rings is 1. The van der Waals surface area contributed by atoms with E-state index in [0.29, 0.717) is 5.69 Å². The molecule has 1 rings (SSSR count). The Kier molecular flexibility index (Phi) is 4.06. The second-order valence-corrected chi connectivity index (χ2v) is 4.23. The first-order valence-corrected chi connectivity index (χ1v) is 5.25. The van der Waals surface area contributed by atoms with Crippen molar-refractivity contribution >= 4 is 11.3 Å². The zero-order valence-electron chi connectivity index (χ0n) is 8.14. The lowest BCUT2D eigenvalue weighted by Gasteiger charge is -2.14. The molecule has 1 aromatic rings. The van der Waals surface area contributed by atoms with Crippen molar-refractivity contribution in [2.24, 2.45) is 5.84 Å². The molecule has 15 heavy (non-hydrogen) atoms. The summed E-state index contributed by atoms with van der Waals surface area (Å²) in [6, 6.07) is -0.531. The average Bonchev–Trinajstić information content (AvgIpc) is 2.51. The van der Waals surface area contributed by atoms with Gasteiger partial charge in [-0.15, -0.1) is 11.3 Å². The maximum atomic E-state index is 12.0. The lowest BCUT2D eigenvalue weighted by molar-refractivity contribution is -0.136. The number of aryl methyl sites for hydroxylation is 1. The van der Waals surface area contributed by atoms with Gasteiger partial charge in [-0.2, -0.15) is 13.2 Å². The van der Waals surface area contributed by atoms with Crippen LogP contribution in [0.5, 0.6) is 0 Å². The molecular weight excluding hydrogens is 227 g/mol. The molecule has 7 heteroatoms. The van der Waals surface area contributed by atoms with Crippen molar-refractivity contribution in [1.29, 1.82) is 0 Å². The van der Waals surface area contributed by atoms with E-state index in [1.807, 2.05) is 0 Å². The molecule has 3 nitrogen and oxygen atoms in total. The lowest BCUT2D eigenvalue weighted by Crippen LogP contribution is -2.29. The summed E-state index contributed by atoms with van der Waals surface area (Å²) in [5.74, 6) is 5.19. The summed E-state index contributed by atoms with van der Waals surface area (Å²) in [5, 5.41) is 2.54. The molecule has 0 aliphatic rings. The summed E-state index contributed by atoms with van der Waals surface area (Å²) < 4.78 is 36.0. The predicted molar refractivity (Wildman–Crippen MR) is 52.2 cm³/mol. The summed E-state index contributed by atoms with van der Waals surface area (Å²) in [5.41, 5.74) is 2.92. The van der Waals surface area contributed by atoms with Crippen LogP contribution in [0.2, 0.25) is 0 Å². The second kappa shape index (κ2) is 4.91. The number of hydrazine groups is 1. The highest BCUT2D eigenvalue weighted by molar-refractivity contribution is 7.09. The molecule has 0 amide bonds. The SMILES string of the molecule is Cc1nc(C(CCC(F)(F)F)NN)cs1. The zero-order valence-corrected chi connectivity index (χ0v) is 8.95. The minimum Gasteiger partial charge on any atom is -0.271 e. The van der Waals surface area contributed by atoms with E-state index < -0.39 is 18.6 Å². The van der Waals surface area contributed by atoms with Crippen LogP contribution >= 0.6 is 11.3 Å². The van der Waals surface area contributed by atoms with Crippen LogP contribution in [-0.4, -0.2) is 11.2 Å². The first-order valence-electron chi connectivity index (χ1n) is 4.37. The normalized spacial score (nSPS) is 14.2. The Balaban J connectivity index is 2.57. The van der Waals surface area contributed by atoms with E-state index in [9.17, 15) is 13.2 Å². The molecule has 0 bridgehead atoms. The van der Waals surface area contributed by atoms with Crippen LogP contribution in [0.15, 0.2) is 5.38 Å². The van der Waals surface area contributed by atoms with Gasteiger partial charge < -0.3 is 0 Å². The number of nitrogens with zero attached hydrogens (tertiary/aromatic N) is 1. The molecule has 1 unspecified atom stereocenters. The molecule has 1 atom stereocenters. The average molecular weight is 239 g/mol. The van der Waals surface area contributed by atoms with Crippen molar-refractivity contribution in [1.82, 2.24) is 10.4 Å². The lowest BCUT2D eigenvalue weighted by atomic mass is 10.1. The number of alkyl halides is 3. The molecule has 0 aromatic carbocycles. The van der Waals surface area contributed by atoms with Gasteiger partial charge in [0.1, 0.15) is 0 Å². The number of hydrogen-bond donors (Lipinski definition) is 2. The molecule has 0 saturated heterocycles. The van der Waals surface area contributed by atoms with Crippen molar-refractivity contribution in [3.05, 3.63) is 16.1 Å². The van der Waals surface area contributed by atoms with Crippen LogP contribution in [0.4, 0.5) is 13.2 Å². The molecule has 0 aliphatic carbocycles. The topological polar surface area (TPSA) is 50.9 Å². The molecule has 1 aromatic heterocycles. The van der Waals surface area contributed by atoms with E-state index in [-0.39, 0.29) is 6.42 Å². The van der Waals surface area contributed by atoms with Crippen LogP contribution < -0.4 is 11.3 Å². The van der Waals surface area contributed by atoms with Gasteiger partial charge in [-0.05, 0) is 13.3 Å². The molecule has 0 fully saturated rings. The van der Waals surface area contributed by atoms with Gasteiger partial charge in [0.15, 0.2) is 0 Å². The van der Waals surface area contributed by atoms with E-state index in [0.717, 1.165) is 5.01 Å². The fraction of sp³-hybridized carbons (Fsp3) is 0.625. The van der Waals surface area contributed by atoms with Gasteiger partial charge in [0.2, 0.25) is 0 Å². The van der Waals surface area contributed by atoms with Crippen molar-refractivity contribution in [3.63, 3.8) is 0 Å².